The first-order chi connectivity index (χ1) is 9.33. The smallest absolute Gasteiger partial charge is 0.0992 e. The van der Waals surface area contributed by atoms with Crippen LogP contribution in [-0.2, 0) is 0 Å². The second-order valence-electron chi connectivity index (χ2n) is 5.86. The third kappa shape index (κ3) is 3.48. The second-order valence-corrected chi connectivity index (χ2v) is 5.86. The molecule has 3 heteroatoms. The summed E-state index contributed by atoms with van der Waals surface area (Å²) in [6.45, 7) is 3.74. The summed E-state index contributed by atoms with van der Waals surface area (Å²) in [5.74, 6) is 0.997. The van der Waals surface area contributed by atoms with Crippen molar-refractivity contribution in [2.45, 2.75) is 31.7 Å². The molecular weight excluding hydrogens is 234 g/mol. The van der Waals surface area contributed by atoms with Gasteiger partial charge in [0.2, 0.25) is 0 Å². The van der Waals surface area contributed by atoms with Crippen molar-refractivity contribution in [2.24, 2.45) is 5.92 Å². The summed E-state index contributed by atoms with van der Waals surface area (Å²) < 4.78 is 0. The summed E-state index contributed by atoms with van der Waals surface area (Å²) in [4.78, 5) is 2.61. The maximum Gasteiger partial charge on any atom is 0.0992 e. The van der Waals surface area contributed by atoms with Crippen LogP contribution in [0.1, 0.15) is 31.2 Å². The summed E-state index contributed by atoms with van der Waals surface area (Å²) >= 11 is 0. The first-order valence-electron chi connectivity index (χ1n) is 7.32. The van der Waals surface area contributed by atoms with Gasteiger partial charge in [-0.2, -0.15) is 5.26 Å². The van der Waals surface area contributed by atoms with Crippen molar-refractivity contribution < 1.29 is 0 Å². The SMILES string of the molecule is N#Cc1cccc(NC2CCN(CC3CC3)CC2)c1. The Hall–Kier alpha value is -1.53. The molecule has 1 aromatic carbocycles. The van der Waals surface area contributed by atoms with E-state index in [4.69, 9.17) is 5.26 Å². The molecule has 1 N–H and O–H groups in total. The van der Waals surface area contributed by atoms with Gasteiger partial charge < -0.3 is 10.2 Å². The number of hydrogen-bond acceptors (Lipinski definition) is 3. The summed E-state index contributed by atoms with van der Waals surface area (Å²) in [5, 5.41) is 12.5. The zero-order valence-electron chi connectivity index (χ0n) is 11.3. The Kier molecular flexibility index (Phi) is 3.70. The summed E-state index contributed by atoms with van der Waals surface area (Å²) in [6, 6.07) is 10.5. The highest BCUT2D eigenvalue weighted by molar-refractivity contribution is 5.49. The fourth-order valence-corrected chi connectivity index (χ4v) is 2.84. The molecule has 0 unspecified atom stereocenters. The highest BCUT2D eigenvalue weighted by Gasteiger charge is 2.26. The van der Waals surface area contributed by atoms with E-state index in [2.05, 4.69) is 22.4 Å². The number of nitriles is 1. The van der Waals surface area contributed by atoms with Gasteiger partial charge in [0.15, 0.2) is 0 Å². The number of likely N-dealkylation sites (tertiary alicyclic amines) is 1. The fraction of sp³-hybridized carbons (Fsp3) is 0.562. The third-order valence-corrected chi connectivity index (χ3v) is 4.16. The summed E-state index contributed by atoms with van der Waals surface area (Å²) in [5.41, 5.74) is 1.82. The van der Waals surface area contributed by atoms with E-state index in [-0.39, 0.29) is 0 Å². The minimum atomic E-state index is 0.560. The van der Waals surface area contributed by atoms with Gasteiger partial charge in [0.25, 0.3) is 0 Å². The van der Waals surface area contributed by atoms with E-state index in [0.717, 1.165) is 17.2 Å². The van der Waals surface area contributed by atoms with Crippen molar-refractivity contribution in [3.05, 3.63) is 29.8 Å². The molecule has 0 bridgehead atoms. The molecule has 1 aliphatic heterocycles. The molecule has 3 rings (SSSR count). The second kappa shape index (κ2) is 5.63. The predicted octanol–water partition coefficient (Wildman–Crippen LogP) is 2.84. The molecule has 1 saturated carbocycles. The van der Waals surface area contributed by atoms with Crippen LogP contribution < -0.4 is 5.32 Å². The lowest BCUT2D eigenvalue weighted by Crippen LogP contribution is -2.40. The predicted molar refractivity (Wildman–Crippen MR) is 77.0 cm³/mol. The van der Waals surface area contributed by atoms with Gasteiger partial charge in [0, 0.05) is 31.4 Å². The van der Waals surface area contributed by atoms with E-state index >= 15 is 0 Å². The van der Waals surface area contributed by atoms with Gasteiger partial charge in [0.05, 0.1) is 11.6 Å². The molecule has 2 fully saturated rings. The first-order valence-corrected chi connectivity index (χ1v) is 7.32. The van der Waals surface area contributed by atoms with Crippen LogP contribution in [0.4, 0.5) is 5.69 Å². The van der Waals surface area contributed by atoms with E-state index in [1.54, 1.807) is 0 Å². The molecule has 1 aliphatic carbocycles. The van der Waals surface area contributed by atoms with Crippen LogP contribution in [0.3, 0.4) is 0 Å². The molecule has 0 aromatic heterocycles. The number of hydrogen-bond donors (Lipinski definition) is 1. The summed E-state index contributed by atoms with van der Waals surface area (Å²) in [6.07, 6.45) is 5.31. The molecule has 0 spiro atoms. The Morgan fingerprint density at radius 3 is 2.68 bits per heavy atom. The number of nitrogens with zero attached hydrogens (tertiary/aromatic N) is 2. The number of anilines is 1. The van der Waals surface area contributed by atoms with E-state index in [9.17, 15) is 0 Å². The molecule has 0 amide bonds. The molecule has 0 radical (unpaired) electrons. The Morgan fingerprint density at radius 2 is 2.00 bits per heavy atom. The van der Waals surface area contributed by atoms with Gasteiger partial charge >= 0.3 is 0 Å². The minimum absolute atomic E-state index is 0.560. The van der Waals surface area contributed by atoms with Crippen molar-refractivity contribution in [1.29, 1.82) is 5.26 Å². The average molecular weight is 255 g/mol. The minimum Gasteiger partial charge on any atom is -0.382 e. The molecule has 1 saturated heterocycles. The van der Waals surface area contributed by atoms with Gasteiger partial charge in [0.1, 0.15) is 0 Å². The van der Waals surface area contributed by atoms with Crippen LogP contribution in [0.15, 0.2) is 24.3 Å². The molecule has 19 heavy (non-hydrogen) atoms. The molecule has 0 atom stereocenters. The normalized spacial score (nSPS) is 21.0. The van der Waals surface area contributed by atoms with Crippen LogP contribution in [0.2, 0.25) is 0 Å². The largest absolute Gasteiger partial charge is 0.382 e. The van der Waals surface area contributed by atoms with Crippen LogP contribution in [-0.4, -0.2) is 30.6 Å². The van der Waals surface area contributed by atoms with E-state index in [1.807, 2.05) is 18.2 Å². The van der Waals surface area contributed by atoms with Gasteiger partial charge in [-0.05, 0) is 49.8 Å². The number of benzene rings is 1. The van der Waals surface area contributed by atoms with E-state index < -0.39 is 0 Å². The Bertz CT molecular complexity index is 465. The van der Waals surface area contributed by atoms with Crippen LogP contribution >= 0.6 is 0 Å². The van der Waals surface area contributed by atoms with Gasteiger partial charge in [-0.25, -0.2) is 0 Å². The van der Waals surface area contributed by atoms with Crippen molar-refractivity contribution in [2.75, 3.05) is 25.0 Å². The fourth-order valence-electron chi connectivity index (χ4n) is 2.84. The average Bonchev–Trinajstić information content (AvgIpc) is 3.25. The third-order valence-electron chi connectivity index (χ3n) is 4.16. The van der Waals surface area contributed by atoms with Crippen LogP contribution in [0.25, 0.3) is 0 Å². The lowest BCUT2D eigenvalue weighted by molar-refractivity contribution is 0.211. The van der Waals surface area contributed by atoms with Crippen LogP contribution in [0, 0.1) is 17.2 Å². The highest BCUT2D eigenvalue weighted by atomic mass is 15.1. The zero-order valence-corrected chi connectivity index (χ0v) is 11.3. The van der Waals surface area contributed by atoms with E-state index in [0.29, 0.717) is 6.04 Å². The molecule has 1 heterocycles. The Labute approximate surface area is 115 Å². The van der Waals surface area contributed by atoms with Crippen LogP contribution in [0.5, 0.6) is 0 Å². The maximum absolute atomic E-state index is 8.91. The number of nitrogens with one attached hydrogen (secondary N) is 1. The molecule has 1 aromatic rings. The van der Waals surface area contributed by atoms with Crippen molar-refractivity contribution in [3.63, 3.8) is 0 Å². The standard InChI is InChI=1S/C16H21N3/c17-11-14-2-1-3-16(10-14)18-15-6-8-19(9-7-15)12-13-4-5-13/h1-3,10,13,15,18H,4-9,12H2. The molecular formula is C16H21N3. The van der Waals surface area contributed by atoms with E-state index in [1.165, 1.54) is 45.3 Å². The number of rotatable bonds is 4. The zero-order chi connectivity index (χ0) is 13.1. The van der Waals surface area contributed by atoms with Gasteiger partial charge in [-0.1, -0.05) is 6.07 Å². The number of piperidine rings is 1. The quantitative estimate of drug-likeness (QED) is 0.899. The topological polar surface area (TPSA) is 39.1 Å². The molecule has 3 nitrogen and oxygen atoms in total. The molecule has 100 valence electrons. The van der Waals surface area contributed by atoms with Crippen molar-refractivity contribution in [3.8, 4) is 6.07 Å². The Balaban J connectivity index is 1.49. The highest BCUT2D eigenvalue weighted by Crippen LogP contribution is 2.30. The Morgan fingerprint density at radius 1 is 1.21 bits per heavy atom. The maximum atomic E-state index is 8.91. The van der Waals surface area contributed by atoms with Crippen molar-refractivity contribution in [1.82, 2.24) is 4.90 Å². The summed E-state index contributed by atoms with van der Waals surface area (Å²) in [7, 11) is 0. The van der Waals surface area contributed by atoms with Gasteiger partial charge in [-0.15, -0.1) is 0 Å². The van der Waals surface area contributed by atoms with Gasteiger partial charge in [-0.3, -0.25) is 0 Å². The lowest BCUT2D eigenvalue weighted by atomic mass is 10.0. The monoisotopic (exact) mass is 255 g/mol. The lowest BCUT2D eigenvalue weighted by Gasteiger charge is -2.32. The first kappa shape index (κ1) is 12.5. The molecule has 2 aliphatic rings. The van der Waals surface area contributed by atoms with Crippen molar-refractivity contribution >= 4 is 5.69 Å².